The summed E-state index contributed by atoms with van der Waals surface area (Å²) in [6.45, 7) is 2.90. The minimum absolute atomic E-state index is 0.709. The normalized spacial score (nSPS) is 19.9. The summed E-state index contributed by atoms with van der Waals surface area (Å²) in [7, 11) is 0. The average Bonchev–Trinajstić information content (AvgIpc) is 2.97. The van der Waals surface area contributed by atoms with Gasteiger partial charge in [0.05, 0.1) is 0 Å². The van der Waals surface area contributed by atoms with E-state index < -0.39 is 0 Å². The van der Waals surface area contributed by atoms with Crippen molar-refractivity contribution in [2.75, 3.05) is 17.6 Å². The smallest absolute Gasteiger partial charge is 0.203 e. The van der Waals surface area contributed by atoms with Crippen LogP contribution < -0.4 is 5.32 Å². The summed E-state index contributed by atoms with van der Waals surface area (Å²) in [4.78, 5) is 4.34. The van der Waals surface area contributed by atoms with E-state index in [1.165, 1.54) is 18.6 Å². The molecule has 1 atom stereocenters. The SMILES string of the molecule is Cc1nnc2c(NCC3CCCS3)nccn12. The molecule has 5 nitrogen and oxygen atoms in total. The lowest BCUT2D eigenvalue weighted by molar-refractivity contribution is 0.803. The second-order valence-electron chi connectivity index (χ2n) is 4.23. The molecule has 2 aromatic rings. The number of aryl methyl sites for hydroxylation is 1. The summed E-state index contributed by atoms with van der Waals surface area (Å²) < 4.78 is 1.96. The highest BCUT2D eigenvalue weighted by atomic mass is 32.2. The molecule has 3 rings (SSSR count). The average molecular weight is 249 g/mol. The third kappa shape index (κ3) is 2.09. The number of hydrogen-bond donors (Lipinski definition) is 1. The second-order valence-corrected chi connectivity index (χ2v) is 5.64. The molecule has 3 heterocycles. The molecule has 0 radical (unpaired) electrons. The standard InChI is InChI=1S/C11H15N5S/c1-8-14-15-11-10(12-4-5-16(8)11)13-7-9-3-2-6-17-9/h4-5,9H,2-3,6-7H2,1H3,(H,12,13). The summed E-state index contributed by atoms with van der Waals surface area (Å²) >= 11 is 2.04. The molecular weight excluding hydrogens is 234 g/mol. The molecule has 2 aromatic heterocycles. The summed E-state index contributed by atoms with van der Waals surface area (Å²) in [5, 5.41) is 12.3. The summed E-state index contributed by atoms with van der Waals surface area (Å²) in [6.07, 6.45) is 6.30. The maximum Gasteiger partial charge on any atom is 0.203 e. The number of fused-ring (bicyclic) bond motifs is 1. The van der Waals surface area contributed by atoms with Crippen molar-refractivity contribution in [1.29, 1.82) is 0 Å². The fourth-order valence-corrected chi connectivity index (χ4v) is 3.28. The van der Waals surface area contributed by atoms with Crippen LogP contribution in [0.4, 0.5) is 5.82 Å². The Morgan fingerprint density at radius 2 is 2.47 bits per heavy atom. The first-order valence-electron chi connectivity index (χ1n) is 5.86. The van der Waals surface area contributed by atoms with Crippen LogP contribution in [0.3, 0.4) is 0 Å². The van der Waals surface area contributed by atoms with Gasteiger partial charge >= 0.3 is 0 Å². The summed E-state index contributed by atoms with van der Waals surface area (Å²) in [5.41, 5.74) is 0.813. The molecular formula is C11H15N5S. The Bertz CT molecular complexity index is 518. The lowest BCUT2D eigenvalue weighted by Crippen LogP contribution is -2.15. The molecule has 1 unspecified atom stereocenters. The monoisotopic (exact) mass is 249 g/mol. The van der Waals surface area contributed by atoms with Gasteiger partial charge in [0.25, 0.3) is 0 Å². The van der Waals surface area contributed by atoms with Crippen LogP contribution in [0.1, 0.15) is 18.7 Å². The molecule has 0 spiro atoms. The molecule has 90 valence electrons. The first-order chi connectivity index (χ1) is 8.34. The molecule has 0 aliphatic carbocycles. The number of anilines is 1. The van der Waals surface area contributed by atoms with Crippen LogP contribution in [0, 0.1) is 6.92 Å². The van der Waals surface area contributed by atoms with Gasteiger partial charge in [0.1, 0.15) is 5.82 Å². The molecule has 1 N–H and O–H groups in total. The predicted octanol–water partition coefficient (Wildman–Crippen LogP) is 1.74. The minimum Gasteiger partial charge on any atom is -0.366 e. The quantitative estimate of drug-likeness (QED) is 0.898. The van der Waals surface area contributed by atoms with Gasteiger partial charge in [0.15, 0.2) is 5.82 Å². The number of thioether (sulfide) groups is 1. The second kappa shape index (κ2) is 4.52. The Hall–Kier alpha value is -1.30. The third-order valence-electron chi connectivity index (χ3n) is 3.02. The van der Waals surface area contributed by atoms with Crippen LogP contribution in [-0.2, 0) is 0 Å². The van der Waals surface area contributed by atoms with Crippen LogP contribution in [0.2, 0.25) is 0 Å². The summed E-state index contributed by atoms with van der Waals surface area (Å²) in [5.74, 6) is 3.01. The van der Waals surface area contributed by atoms with Crippen LogP contribution >= 0.6 is 11.8 Å². The zero-order chi connectivity index (χ0) is 11.7. The fourth-order valence-electron chi connectivity index (χ4n) is 2.08. The molecule has 6 heteroatoms. The number of rotatable bonds is 3. The van der Waals surface area contributed by atoms with Gasteiger partial charge in [-0.2, -0.15) is 11.8 Å². The highest BCUT2D eigenvalue weighted by Gasteiger charge is 2.16. The first kappa shape index (κ1) is 10.8. The molecule has 0 aromatic carbocycles. The van der Waals surface area contributed by atoms with Crippen molar-refractivity contribution >= 4 is 23.2 Å². The molecule has 0 amide bonds. The van der Waals surface area contributed by atoms with Gasteiger partial charge in [0.2, 0.25) is 5.65 Å². The van der Waals surface area contributed by atoms with Crippen molar-refractivity contribution in [2.24, 2.45) is 0 Å². The molecule has 1 aliphatic rings. The van der Waals surface area contributed by atoms with E-state index >= 15 is 0 Å². The Balaban J connectivity index is 1.79. The van der Waals surface area contributed by atoms with E-state index in [2.05, 4.69) is 20.5 Å². The van der Waals surface area contributed by atoms with Crippen molar-refractivity contribution in [3.8, 4) is 0 Å². The van der Waals surface area contributed by atoms with E-state index in [4.69, 9.17) is 0 Å². The van der Waals surface area contributed by atoms with Gasteiger partial charge in [0, 0.05) is 24.2 Å². The largest absolute Gasteiger partial charge is 0.366 e. The maximum atomic E-state index is 4.34. The fraction of sp³-hybridized carbons (Fsp3) is 0.545. The molecule has 1 aliphatic heterocycles. The molecule has 0 bridgehead atoms. The van der Waals surface area contributed by atoms with Crippen molar-refractivity contribution in [3.63, 3.8) is 0 Å². The van der Waals surface area contributed by atoms with Gasteiger partial charge in [-0.25, -0.2) is 4.98 Å². The number of nitrogens with one attached hydrogen (secondary N) is 1. The van der Waals surface area contributed by atoms with Crippen molar-refractivity contribution in [2.45, 2.75) is 25.0 Å². The van der Waals surface area contributed by atoms with E-state index in [0.717, 1.165) is 23.8 Å². The van der Waals surface area contributed by atoms with Gasteiger partial charge in [-0.15, -0.1) is 10.2 Å². The zero-order valence-corrected chi connectivity index (χ0v) is 10.6. The topological polar surface area (TPSA) is 55.1 Å². The van der Waals surface area contributed by atoms with Gasteiger partial charge in [-0.3, -0.25) is 4.40 Å². The number of nitrogens with zero attached hydrogens (tertiary/aromatic N) is 4. The van der Waals surface area contributed by atoms with E-state index in [9.17, 15) is 0 Å². The zero-order valence-electron chi connectivity index (χ0n) is 9.76. The maximum absolute atomic E-state index is 4.34. The Morgan fingerprint density at radius 3 is 3.29 bits per heavy atom. The highest BCUT2D eigenvalue weighted by Crippen LogP contribution is 2.26. The molecule has 0 saturated carbocycles. The predicted molar refractivity (Wildman–Crippen MR) is 69.5 cm³/mol. The Labute approximate surface area is 104 Å². The Kier molecular flexibility index (Phi) is 2.88. The lowest BCUT2D eigenvalue weighted by atomic mass is 10.2. The lowest BCUT2D eigenvalue weighted by Gasteiger charge is -2.10. The van der Waals surface area contributed by atoms with Gasteiger partial charge in [-0.1, -0.05) is 0 Å². The Morgan fingerprint density at radius 1 is 1.53 bits per heavy atom. The minimum atomic E-state index is 0.709. The molecule has 17 heavy (non-hydrogen) atoms. The van der Waals surface area contributed by atoms with E-state index in [1.54, 1.807) is 6.20 Å². The van der Waals surface area contributed by atoms with Crippen LogP contribution in [0.25, 0.3) is 5.65 Å². The van der Waals surface area contributed by atoms with E-state index in [1.807, 2.05) is 29.3 Å². The van der Waals surface area contributed by atoms with Crippen LogP contribution in [0.5, 0.6) is 0 Å². The first-order valence-corrected chi connectivity index (χ1v) is 6.91. The van der Waals surface area contributed by atoms with Crippen molar-refractivity contribution in [3.05, 3.63) is 18.2 Å². The van der Waals surface area contributed by atoms with E-state index in [-0.39, 0.29) is 0 Å². The molecule has 1 fully saturated rings. The van der Waals surface area contributed by atoms with Gasteiger partial charge in [-0.05, 0) is 25.5 Å². The van der Waals surface area contributed by atoms with Gasteiger partial charge < -0.3 is 5.32 Å². The number of hydrogen-bond acceptors (Lipinski definition) is 5. The molecule has 1 saturated heterocycles. The highest BCUT2D eigenvalue weighted by molar-refractivity contribution is 8.00. The van der Waals surface area contributed by atoms with Crippen molar-refractivity contribution < 1.29 is 0 Å². The van der Waals surface area contributed by atoms with Crippen molar-refractivity contribution in [1.82, 2.24) is 19.6 Å². The van der Waals surface area contributed by atoms with Crippen LogP contribution in [-0.4, -0.2) is 37.1 Å². The summed E-state index contributed by atoms with van der Waals surface area (Å²) in [6, 6.07) is 0. The van der Waals surface area contributed by atoms with E-state index in [0.29, 0.717) is 5.25 Å². The third-order valence-corrected chi connectivity index (χ3v) is 4.42. The van der Waals surface area contributed by atoms with Crippen LogP contribution in [0.15, 0.2) is 12.4 Å². The number of aromatic nitrogens is 4.